The molecule has 1 atom stereocenters. The van der Waals surface area contributed by atoms with Crippen LogP contribution in [0.25, 0.3) is 0 Å². The zero-order chi connectivity index (χ0) is 18.9. The summed E-state index contributed by atoms with van der Waals surface area (Å²) in [5.41, 5.74) is -0.422. The molecule has 2 aromatic rings. The third-order valence-corrected chi connectivity index (χ3v) is 4.09. The Labute approximate surface area is 147 Å². The topological polar surface area (TPSA) is 46.5 Å². The zero-order valence-corrected chi connectivity index (χ0v) is 14.9. The molecule has 0 aliphatic heterocycles. The van der Waals surface area contributed by atoms with Crippen molar-refractivity contribution in [2.45, 2.75) is 32.3 Å². The van der Waals surface area contributed by atoms with E-state index in [-0.39, 0.29) is 5.41 Å². The predicted octanol–water partition coefficient (Wildman–Crippen LogP) is 4.29. The van der Waals surface area contributed by atoms with Gasteiger partial charge in [-0.1, -0.05) is 45.0 Å². The van der Waals surface area contributed by atoms with Crippen molar-refractivity contribution in [2.75, 3.05) is 0 Å². The number of carbonyl (C=O) groups is 1. The first-order valence-electron chi connectivity index (χ1n) is 7.42. The van der Waals surface area contributed by atoms with Gasteiger partial charge in [0.15, 0.2) is 17.5 Å². The molecule has 1 unspecified atom stereocenters. The SMILES string of the molecule is CC(C)(C)c1ccccc1C(O[Si])c1cc(C(=O)O)c(F)c(F)c1F. The lowest BCUT2D eigenvalue weighted by atomic mass is 9.81. The van der Waals surface area contributed by atoms with Crippen molar-refractivity contribution < 1.29 is 27.5 Å². The molecule has 2 rings (SSSR count). The molecule has 0 bridgehead atoms. The van der Waals surface area contributed by atoms with E-state index in [1.54, 1.807) is 18.2 Å². The molecule has 0 aliphatic rings. The van der Waals surface area contributed by atoms with E-state index in [4.69, 9.17) is 9.53 Å². The Bertz CT molecular complexity index is 816. The number of benzene rings is 2. The Balaban J connectivity index is 2.74. The molecule has 25 heavy (non-hydrogen) atoms. The second-order valence-corrected chi connectivity index (χ2v) is 6.83. The fraction of sp³-hybridized carbons (Fsp3) is 0.278. The van der Waals surface area contributed by atoms with Crippen LogP contribution in [0.3, 0.4) is 0 Å². The molecule has 0 spiro atoms. The van der Waals surface area contributed by atoms with Crippen molar-refractivity contribution in [3.05, 3.63) is 70.0 Å². The smallest absolute Gasteiger partial charge is 0.338 e. The number of rotatable bonds is 4. The van der Waals surface area contributed by atoms with E-state index in [9.17, 15) is 18.0 Å². The monoisotopic (exact) mass is 365 g/mol. The van der Waals surface area contributed by atoms with Gasteiger partial charge in [-0.15, -0.1) is 0 Å². The molecule has 0 saturated carbocycles. The fourth-order valence-corrected chi connectivity index (χ4v) is 2.93. The number of halogens is 3. The van der Waals surface area contributed by atoms with Crippen LogP contribution in [0.2, 0.25) is 0 Å². The quantitative estimate of drug-likeness (QED) is 0.649. The minimum atomic E-state index is -1.85. The van der Waals surface area contributed by atoms with Gasteiger partial charge in [-0.25, -0.2) is 18.0 Å². The Morgan fingerprint density at radius 1 is 1.08 bits per heavy atom. The molecule has 131 valence electrons. The highest BCUT2D eigenvalue weighted by molar-refractivity contribution is 5.98. The highest BCUT2D eigenvalue weighted by atomic mass is 28.2. The fourth-order valence-electron chi connectivity index (χ4n) is 2.67. The number of hydrogen-bond donors (Lipinski definition) is 1. The lowest BCUT2D eigenvalue weighted by Crippen LogP contribution is -2.19. The van der Waals surface area contributed by atoms with Gasteiger partial charge in [-0.2, -0.15) is 0 Å². The van der Waals surface area contributed by atoms with Crippen LogP contribution in [0.15, 0.2) is 30.3 Å². The van der Waals surface area contributed by atoms with Crippen molar-refractivity contribution in [3.63, 3.8) is 0 Å². The number of carboxylic acid groups (broad SMARTS) is 1. The maximum Gasteiger partial charge on any atom is 0.338 e. The summed E-state index contributed by atoms with van der Waals surface area (Å²) in [5, 5.41) is 9.03. The predicted molar refractivity (Wildman–Crippen MR) is 87.1 cm³/mol. The van der Waals surface area contributed by atoms with Crippen LogP contribution in [0, 0.1) is 17.5 Å². The van der Waals surface area contributed by atoms with Gasteiger partial charge < -0.3 is 9.53 Å². The summed E-state index contributed by atoms with van der Waals surface area (Å²) in [4.78, 5) is 11.1. The van der Waals surface area contributed by atoms with Crippen molar-refractivity contribution >= 4 is 16.5 Å². The molecule has 7 heteroatoms. The molecule has 3 nitrogen and oxygen atoms in total. The number of carboxylic acids is 1. The molecule has 0 heterocycles. The van der Waals surface area contributed by atoms with Gasteiger partial charge in [0.1, 0.15) is 0 Å². The van der Waals surface area contributed by atoms with Crippen LogP contribution in [-0.2, 0) is 9.84 Å². The minimum Gasteiger partial charge on any atom is -0.478 e. The minimum absolute atomic E-state index is 0.343. The summed E-state index contributed by atoms with van der Waals surface area (Å²) < 4.78 is 47.1. The Morgan fingerprint density at radius 2 is 1.68 bits per heavy atom. The Hall–Kier alpha value is -2.12. The van der Waals surface area contributed by atoms with Crippen molar-refractivity contribution in [3.8, 4) is 0 Å². The third kappa shape index (κ3) is 3.62. The summed E-state index contributed by atoms with van der Waals surface area (Å²) in [5.74, 6) is -6.79. The van der Waals surface area contributed by atoms with Crippen LogP contribution >= 0.6 is 0 Å². The zero-order valence-electron chi connectivity index (χ0n) is 13.9. The van der Waals surface area contributed by atoms with Gasteiger partial charge >= 0.3 is 5.97 Å². The average molecular weight is 365 g/mol. The van der Waals surface area contributed by atoms with E-state index >= 15 is 0 Å². The first-order chi connectivity index (χ1) is 11.6. The van der Waals surface area contributed by atoms with Crippen molar-refractivity contribution in [1.29, 1.82) is 0 Å². The Kier molecular flexibility index (Phi) is 5.39. The first kappa shape index (κ1) is 19.2. The number of hydrogen-bond acceptors (Lipinski definition) is 2. The molecule has 2 aromatic carbocycles. The summed E-state index contributed by atoms with van der Waals surface area (Å²) >= 11 is 0. The van der Waals surface area contributed by atoms with Crippen LogP contribution < -0.4 is 0 Å². The van der Waals surface area contributed by atoms with Crippen LogP contribution in [0.4, 0.5) is 13.2 Å². The van der Waals surface area contributed by atoms with E-state index < -0.39 is 40.7 Å². The van der Waals surface area contributed by atoms with Crippen LogP contribution in [0.5, 0.6) is 0 Å². The van der Waals surface area contributed by atoms with Crippen LogP contribution in [-0.4, -0.2) is 21.6 Å². The van der Waals surface area contributed by atoms with Gasteiger partial charge in [-0.05, 0) is 22.6 Å². The molecule has 3 radical (unpaired) electrons. The first-order valence-corrected chi connectivity index (χ1v) is 7.82. The van der Waals surface area contributed by atoms with E-state index in [2.05, 4.69) is 10.5 Å². The van der Waals surface area contributed by atoms with Crippen molar-refractivity contribution in [1.82, 2.24) is 0 Å². The van der Waals surface area contributed by atoms with Gasteiger partial charge in [0, 0.05) is 5.56 Å². The van der Waals surface area contributed by atoms with Crippen LogP contribution in [0.1, 0.15) is 53.9 Å². The van der Waals surface area contributed by atoms with E-state index in [0.29, 0.717) is 5.56 Å². The largest absolute Gasteiger partial charge is 0.478 e. The lowest BCUT2D eigenvalue weighted by molar-refractivity contribution is 0.0690. The van der Waals surface area contributed by atoms with E-state index in [0.717, 1.165) is 11.6 Å². The van der Waals surface area contributed by atoms with Gasteiger partial charge in [0.25, 0.3) is 0 Å². The van der Waals surface area contributed by atoms with E-state index in [1.807, 2.05) is 26.8 Å². The van der Waals surface area contributed by atoms with Gasteiger partial charge in [-0.3, -0.25) is 0 Å². The van der Waals surface area contributed by atoms with E-state index in [1.165, 1.54) is 0 Å². The maximum atomic E-state index is 14.3. The highest BCUT2D eigenvalue weighted by Gasteiger charge is 2.30. The number of aromatic carboxylic acids is 1. The Morgan fingerprint density at radius 3 is 2.20 bits per heavy atom. The third-order valence-electron chi connectivity index (χ3n) is 3.86. The highest BCUT2D eigenvalue weighted by Crippen LogP contribution is 2.36. The summed E-state index contributed by atoms with van der Waals surface area (Å²) in [7, 11) is 2.85. The molecule has 0 aromatic heterocycles. The van der Waals surface area contributed by atoms with Gasteiger partial charge in [0.05, 0.1) is 11.7 Å². The maximum absolute atomic E-state index is 14.3. The lowest BCUT2D eigenvalue weighted by Gasteiger charge is -2.27. The molecule has 0 saturated heterocycles. The molecule has 0 fully saturated rings. The second-order valence-electron chi connectivity index (χ2n) is 6.60. The molecular formula is C18H16F3O3Si. The van der Waals surface area contributed by atoms with Crippen molar-refractivity contribution in [2.24, 2.45) is 0 Å². The average Bonchev–Trinajstić information content (AvgIpc) is 2.54. The second kappa shape index (κ2) is 7.01. The standard InChI is InChI=1S/C18H16F3O3Si/c1-18(2,3)12-7-5-4-6-9(12)16(24-25)10-8-11(17(22)23)14(20)15(21)13(10)19/h4-8,16H,1-3H3,(H,22,23). The molecule has 1 N–H and O–H groups in total. The summed E-state index contributed by atoms with van der Waals surface area (Å²) in [6.45, 7) is 5.79. The summed E-state index contributed by atoms with van der Waals surface area (Å²) in [6, 6.07) is 7.70. The summed E-state index contributed by atoms with van der Waals surface area (Å²) in [6.07, 6.45) is -1.17. The van der Waals surface area contributed by atoms with Gasteiger partial charge in [0.2, 0.25) is 10.5 Å². The molecule has 0 amide bonds. The molecular weight excluding hydrogens is 349 g/mol. The molecule has 0 aliphatic carbocycles. The normalized spacial score (nSPS) is 12.9.